The Morgan fingerprint density at radius 2 is 1.86 bits per heavy atom. The van der Waals surface area contributed by atoms with Gasteiger partial charge in [-0.25, -0.2) is 0 Å². The monoisotopic (exact) mass is 383 g/mol. The molecule has 2 rings (SSSR count). The lowest BCUT2D eigenvalue weighted by molar-refractivity contribution is 0.102. The van der Waals surface area contributed by atoms with Gasteiger partial charge in [0.25, 0.3) is 5.91 Å². The number of nitrogens with zero attached hydrogens (tertiary/aromatic N) is 3. The molecule has 6 nitrogen and oxygen atoms in total. The second-order valence-electron chi connectivity index (χ2n) is 7.14. The fourth-order valence-electron chi connectivity index (χ4n) is 3.05. The van der Waals surface area contributed by atoms with Crippen molar-refractivity contribution in [3.63, 3.8) is 0 Å². The molecule has 1 amide bonds. The molecule has 0 aliphatic carbocycles. The van der Waals surface area contributed by atoms with Crippen molar-refractivity contribution >= 4 is 23.0 Å². The number of pyridine rings is 1. The number of anilines is 3. The number of benzene rings is 1. The van der Waals surface area contributed by atoms with Gasteiger partial charge in [-0.1, -0.05) is 0 Å². The molecule has 0 aliphatic heterocycles. The van der Waals surface area contributed by atoms with Crippen LogP contribution in [0, 0.1) is 6.92 Å². The zero-order valence-electron chi connectivity index (χ0n) is 17.7. The second-order valence-corrected chi connectivity index (χ2v) is 7.14. The average molecular weight is 384 g/mol. The number of hydrogen-bond donors (Lipinski definition) is 2. The molecule has 0 bridgehead atoms. The number of aromatic nitrogens is 1. The van der Waals surface area contributed by atoms with E-state index >= 15 is 0 Å². The first-order chi connectivity index (χ1) is 13.4. The van der Waals surface area contributed by atoms with Gasteiger partial charge < -0.3 is 20.4 Å². The molecule has 152 valence electrons. The van der Waals surface area contributed by atoms with E-state index in [1.54, 1.807) is 12.3 Å². The summed E-state index contributed by atoms with van der Waals surface area (Å²) in [6.07, 6.45) is 2.70. The SMILES string of the molecule is CCN(CC)c1ccc(NC(=O)c2cc(NCCCN(C)C)ccn2)c(C)c1. The summed E-state index contributed by atoms with van der Waals surface area (Å²) in [6.45, 7) is 10.1. The third kappa shape index (κ3) is 6.23. The molecule has 0 fully saturated rings. The van der Waals surface area contributed by atoms with Crippen LogP contribution in [0.4, 0.5) is 17.1 Å². The highest BCUT2D eigenvalue weighted by Crippen LogP contribution is 2.23. The molecule has 1 heterocycles. The predicted molar refractivity (Wildman–Crippen MR) is 119 cm³/mol. The van der Waals surface area contributed by atoms with Crippen molar-refractivity contribution in [3.05, 3.63) is 47.8 Å². The smallest absolute Gasteiger partial charge is 0.274 e. The third-order valence-corrected chi connectivity index (χ3v) is 4.69. The molecule has 1 aromatic heterocycles. The molecule has 0 aliphatic rings. The number of carbonyl (C=O) groups excluding carboxylic acids is 1. The molecular weight excluding hydrogens is 350 g/mol. The Kier molecular flexibility index (Phi) is 8.26. The van der Waals surface area contributed by atoms with Crippen molar-refractivity contribution in [2.45, 2.75) is 27.2 Å². The van der Waals surface area contributed by atoms with Gasteiger partial charge in [0, 0.05) is 42.9 Å². The zero-order chi connectivity index (χ0) is 20.5. The van der Waals surface area contributed by atoms with Crippen LogP contribution in [-0.4, -0.2) is 56.1 Å². The number of amides is 1. The van der Waals surface area contributed by atoms with Crippen LogP contribution in [0.2, 0.25) is 0 Å². The number of aryl methyl sites for hydroxylation is 1. The molecule has 0 spiro atoms. The minimum absolute atomic E-state index is 0.198. The fourth-order valence-corrected chi connectivity index (χ4v) is 3.05. The topological polar surface area (TPSA) is 60.5 Å². The molecule has 2 aromatic rings. The lowest BCUT2D eigenvalue weighted by Gasteiger charge is -2.22. The predicted octanol–water partition coefficient (Wildman–Crippen LogP) is 3.85. The van der Waals surface area contributed by atoms with Crippen LogP contribution in [0.3, 0.4) is 0 Å². The van der Waals surface area contributed by atoms with Crippen LogP contribution in [-0.2, 0) is 0 Å². The Morgan fingerprint density at radius 3 is 2.50 bits per heavy atom. The molecular formula is C22H33N5O. The maximum absolute atomic E-state index is 12.7. The molecule has 0 atom stereocenters. The van der Waals surface area contributed by atoms with Crippen LogP contribution in [0.15, 0.2) is 36.5 Å². The largest absolute Gasteiger partial charge is 0.385 e. The summed E-state index contributed by atoms with van der Waals surface area (Å²) in [5, 5.41) is 6.33. The van der Waals surface area contributed by atoms with Crippen molar-refractivity contribution < 1.29 is 4.79 Å². The molecule has 1 aromatic carbocycles. The van der Waals surface area contributed by atoms with Gasteiger partial charge in [0.2, 0.25) is 0 Å². The standard InChI is InChI=1S/C22H33N5O/c1-6-27(7-2)19-9-10-20(17(3)15-19)25-22(28)21-16-18(11-13-24-21)23-12-8-14-26(4)5/h9-11,13,15-16H,6-8,12,14H2,1-5H3,(H,23,24)(H,25,28). The van der Waals surface area contributed by atoms with Crippen molar-refractivity contribution in [2.75, 3.05) is 55.8 Å². The van der Waals surface area contributed by atoms with Crippen LogP contribution in [0.5, 0.6) is 0 Å². The first kappa shape index (κ1) is 21.7. The molecule has 6 heteroatoms. The van der Waals surface area contributed by atoms with E-state index in [0.29, 0.717) is 5.69 Å². The molecule has 0 unspecified atom stereocenters. The van der Waals surface area contributed by atoms with E-state index < -0.39 is 0 Å². The minimum atomic E-state index is -0.198. The highest BCUT2D eigenvalue weighted by atomic mass is 16.1. The summed E-state index contributed by atoms with van der Waals surface area (Å²) >= 11 is 0. The van der Waals surface area contributed by atoms with Crippen molar-refractivity contribution in [1.82, 2.24) is 9.88 Å². The fraction of sp³-hybridized carbons (Fsp3) is 0.455. The summed E-state index contributed by atoms with van der Waals surface area (Å²) < 4.78 is 0. The van der Waals surface area contributed by atoms with Gasteiger partial charge in [-0.2, -0.15) is 0 Å². The summed E-state index contributed by atoms with van der Waals surface area (Å²) in [7, 11) is 4.12. The summed E-state index contributed by atoms with van der Waals surface area (Å²) in [5.41, 5.74) is 4.34. The Bertz CT molecular complexity index is 771. The second kappa shape index (κ2) is 10.7. The van der Waals surface area contributed by atoms with E-state index in [-0.39, 0.29) is 5.91 Å². The van der Waals surface area contributed by atoms with E-state index in [1.807, 2.05) is 25.1 Å². The van der Waals surface area contributed by atoms with E-state index in [4.69, 9.17) is 0 Å². The van der Waals surface area contributed by atoms with E-state index in [2.05, 4.69) is 59.4 Å². The van der Waals surface area contributed by atoms with Gasteiger partial charge in [-0.3, -0.25) is 9.78 Å². The Balaban J connectivity index is 2.01. The molecule has 2 N–H and O–H groups in total. The molecule has 0 saturated carbocycles. The molecule has 0 saturated heterocycles. The molecule has 28 heavy (non-hydrogen) atoms. The minimum Gasteiger partial charge on any atom is -0.385 e. The first-order valence-corrected chi connectivity index (χ1v) is 9.96. The van der Waals surface area contributed by atoms with Crippen molar-refractivity contribution in [2.24, 2.45) is 0 Å². The maximum atomic E-state index is 12.7. The zero-order valence-corrected chi connectivity index (χ0v) is 17.7. The van der Waals surface area contributed by atoms with Gasteiger partial charge in [0.15, 0.2) is 0 Å². The number of nitrogens with one attached hydrogen (secondary N) is 2. The Hall–Kier alpha value is -2.60. The van der Waals surface area contributed by atoms with Gasteiger partial charge in [0.05, 0.1) is 0 Å². The lowest BCUT2D eigenvalue weighted by Crippen LogP contribution is -2.22. The number of rotatable bonds is 10. The maximum Gasteiger partial charge on any atom is 0.274 e. The normalized spacial score (nSPS) is 10.8. The highest BCUT2D eigenvalue weighted by molar-refractivity contribution is 6.03. The highest BCUT2D eigenvalue weighted by Gasteiger charge is 2.11. The lowest BCUT2D eigenvalue weighted by atomic mass is 10.1. The Labute approximate surface area is 169 Å². The van der Waals surface area contributed by atoms with Crippen LogP contribution in [0.25, 0.3) is 0 Å². The van der Waals surface area contributed by atoms with Crippen LogP contribution >= 0.6 is 0 Å². The van der Waals surface area contributed by atoms with E-state index in [9.17, 15) is 4.79 Å². The van der Waals surface area contributed by atoms with Gasteiger partial charge in [-0.05, 0) is 83.7 Å². The Morgan fingerprint density at radius 1 is 1.11 bits per heavy atom. The van der Waals surface area contributed by atoms with Crippen molar-refractivity contribution in [3.8, 4) is 0 Å². The van der Waals surface area contributed by atoms with Crippen molar-refractivity contribution in [1.29, 1.82) is 0 Å². The van der Waals surface area contributed by atoms with Gasteiger partial charge in [-0.15, -0.1) is 0 Å². The number of carbonyl (C=O) groups is 1. The van der Waals surface area contributed by atoms with Crippen LogP contribution < -0.4 is 15.5 Å². The summed E-state index contributed by atoms with van der Waals surface area (Å²) in [6, 6.07) is 9.80. The molecule has 0 radical (unpaired) electrons. The van der Waals surface area contributed by atoms with E-state index in [0.717, 1.165) is 49.5 Å². The van der Waals surface area contributed by atoms with Gasteiger partial charge in [0.1, 0.15) is 5.69 Å². The summed E-state index contributed by atoms with van der Waals surface area (Å²) in [4.78, 5) is 21.3. The third-order valence-electron chi connectivity index (χ3n) is 4.69. The summed E-state index contributed by atoms with van der Waals surface area (Å²) in [5.74, 6) is -0.198. The first-order valence-electron chi connectivity index (χ1n) is 9.96. The number of hydrogen-bond acceptors (Lipinski definition) is 5. The quantitative estimate of drug-likeness (QED) is 0.610. The van der Waals surface area contributed by atoms with Gasteiger partial charge >= 0.3 is 0 Å². The average Bonchev–Trinajstić information content (AvgIpc) is 2.68. The van der Waals surface area contributed by atoms with Crippen LogP contribution in [0.1, 0.15) is 36.3 Å². The van der Waals surface area contributed by atoms with E-state index in [1.165, 1.54) is 5.69 Å².